The Morgan fingerprint density at radius 2 is 2.05 bits per heavy atom. The number of hydrogen-bond donors (Lipinski definition) is 1. The summed E-state index contributed by atoms with van der Waals surface area (Å²) >= 11 is 0. The molecule has 0 aromatic rings. The lowest BCUT2D eigenvalue weighted by Crippen LogP contribution is -2.40. The molecule has 7 heteroatoms. The molecule has 1 N–H and O–H groups in total. The molecule has 0 fully saturated rings. The molecule has 0 radical (unpaired) electrons. The van der Waals surface area contributed by atoms with Gasteiger partial charge in [0, 0.05) is 14.0 Å². The first-order chi connectivity index (χ1) is 9.38. The summed E-state index contributed by atoms with van der Waals surface area (Å²) in [6.45, 7) is 7.51. The van der Waals surface area contributed by atoms with Crippen LogP contribution in [0.3, 0.4) is 0 Å². The molecular formula is C13H26NO5P. The van der Waals surface area contributed by atoms with Gasteiger partial charge in [-0.25, -0.2) is 4.57 Å². The fourth-order valence-electron chi connectivity index (χ4n) is 1.54. The maximum Gasteiger partial charge on any atom is 0.474 e. The van der Waals surface area contributed by atoms with Crippen LogP contribution in [0.15, 0.2) is 12.2 Å². The highest BCUT2D eigenvalue weighted by Gasteiger charge is 2.27. The van der Waals surface area contributed by atoms with E-state index in [2.05, 4.69) is 5.32 Å². The smallest absolute Gasteiger partial charge is 0.351 e. The molecule has 0 spiro atoms. The highest BCUT2D eigenvalue weighted by atomic mass is 31.2. The number of nitrogens with one attached hydrogen (secondary N) is 1. The predicted molar refractivity (Wildman–Crippen MR) is 78.4 cm³/mol. The summed E-state index contributed by atoms with van der Waals surface area (Å²) < 4.78 is 27.3. The number of rotatable bonds is 10. The third kappa shape index (κ3) is 7.80. The average molecular weight is 307 g/mol. The van der Waals surface area contributed by atoms with Crippen LogP contribution < -0.4 is 5.32 Å². The van der Waals surface area contributed by atoms with Gasteiger partial charge in [-0.05, 0) is 19.3 Å². The number of phosphoric ester groups is 1. The van der Waals surface area contributed by atoms with Crippen molar-refractivity contribution in [3.8, 4) is 0 Å². The summed E-state index contributed by atoms with van der Waals surface area (Å²) in [5.41, 5.74) is 0. The number of carbonyl (C=O) groups is 1. The Morgan fingerprint density at radius 3 is 2.50 bits per heavy atom. The van der Waals surface area contributed by atoms with Crippen LogP contribution >= 0.6 is 7.82 Å². The molecule has 0 saturated heterocycles. The van der Waals surface area contributed by atoms with Crippen molar-refractivity contribution < 1.29 is 22.9 Å². The van der Waals surface area contributed by atoms with Crippen molar-refractivity contribution in [2.24, 2.45) is 5.92 Å². The molecule has 0 saturated carbocycles. The molecular weight excluding hydrogens is 281 g/mol. The molecule has 0 aliphatic rings. The van der Waals surface area contributed by atoms with E-state index in [1.165, 1.54) is 14.0 Å². The van der Waals surface area contributed by atoms with Gasteiger partial charge in [-0.2, -0.15) is 0 Å². The second kappa shape index (κ2) is 10.1. The van der Waals surface area contributed by atoms with Gasteiger partial charge in [0.25, 0.3) is 0 Å². The Morgan fingerprint density at radius 1 is 1.40 bits per heavy atom. The lowest BCUT2D eigenvalue weighted by atomic mass is 10.0. The normalized spacial score (nSPS) is 17.6. The zero-order chi connectivity index (χ0) is 15.6. The minimum absolute atomic E-state index is 0.0420. The van der Waals surface area contributed by atoms with E-state index in [1.54, 1.807) is 0 Å². The molecule has 6 nitrogen and oxygen atoms in total. The van der Waals surface area contributed by atoms with Gasteiger partial charge in [-0.1, -0.05) is 26.0 Å². The van der Waals surface area contributed by atoms with Gasteiger partial charge in [0.1, 0.15) is 0 Å². The van der Waals surface area contributed by atoms with Crippen molar-refractivity contribution in [1.82, 2.24) is 5.32 Å². The third-order valence-electron chi connectivity index (χ3n) is 2.61. The van der Waals surface area contributed by atoms with Gasteiger partial charge in [-0.3, -0.25) is 18.4 Å². The van der Waals surface area contributed by atoms with Gasteiger partial charge < -0.3 is 5.32 Å². The van der Waals surface area contributed by atoms with Crippen molar-refractivity contribution in [2.45, 2.75) is 40.2 Å². The largest absolute Gasteiger partial charge is 0.474 e. The number of amides is 1. The van der Waals surface area contributed by atoms with Crippen molar-refractivity contribution in [3.63, 3.8) is 0 Å². The van der Waals surface area contributed by atoms with Crippen LogP contribution in [-0.2, 0) is 22.9 Å². The van der Waals surface area contributed by atoms with E-state index in [4.69, 9.17) is 13.6 Å². The molecule has 1 unspecified atom stereocenters. The predicted octanol–water partition coefficient (Wildman–Crippen LogP) is 2.90. The van der Waals surface area contributed by atoms with E-state index in [-0.39, 0.29) is 24.5 Å². The summed E-state index contributed by atoms with van der Waals surface area (Å²) in [5.74, 6) is -0.128. The van der Waals surface area contributed by atoms with Crippen molar-refractivity contribution in [1.29, 1.82) is 0 Å². The topological polar surface area (TPSA) is 73.9 Å². The number of hydrogen-bond acceptors (Lipinski definition) is 5. The number of carbonyl (C=O) groups excluding carboxylic acids is 1. The third-order valence-corrected chi connectivity index (χ3v) is 4.02. The average Bonchev–Trinajstić information content (AvgIpc) is 2.41. The fourth-order valence-corrected chi connectivity index (χ4v) is 2.58. The highest BCUT2D eigenvalue weighted by molar-refractivity contribution is 7.48. The maximum atomic E-state index is 12.1. The summed E-state index contributed by atoms with van der Waals surface area (Å²) in [5, 5.41) is 2.77. The Balaban J connectivity index is 4.64. The van der Waals surface area contributed by atoms with E-state index in [1.807, 2.05) is 32.9 Å². The zero-order valence-electron chi connectivity index (χ0n) is 12.9. The minimum atomic E-state index is -3.55. The van der Waals surface area contributed by atoms with Crippen LogP contribution in [0.4, 0.5) is 0 Å². The van der Waals surface area contributed by atoms with E-state index in [0.717, 1.165) is 0 Å². The second-order valence-electron chi connectivity index (χ2n) is 4.45. The first-order valence-electron chi connectivity index (χ1n) is 6.73. The monoisotopic (exact) mass is 307 g/mol. The molecule has 0 aliphatic heterocycles. The molecule has 0 aromatic heterocycles. The second-order valence-corrected chi connectivity index (χ2v) is 6.23. The molecule has 1 amide bonds. The zero-order valence-corrected chi connectivity index (χ0v) is 13.8. The molecule has 0 aliphatic carbocycles. The van der Waals surface area contributed by atoms with Crippen LogP contribution in [0.2, 0.25) is 0 Å². The van der Waals surface area contributed by atoms with Gasteiger partial charge in [0.05, 0.1) is 19.3 Å². The fraction of sp³-hybridized carbons (Fsp3) is 0.769. The van der Waals surface area contributed by atoms with Gasteiger partial charge in [-0.15, -0.1) is 0 Å². The molecule has 118 valence electrons. The lowest BCUT2D eigenvalue weighted by Gasteiger charge is -2.24. The van der Waals surface area contributed by atoms with E-state index in [0.29, 0.717) is 13.0 Å². The van der Waals surface area contributed by atoms with Gasteiger partial charge in [0.15, 0.2) is 0 Å². The van der Waals surface area contributed by atoms with Gasteiger partial charge >= 0.3 is 7.82 Å². The molecule has 3 atom stereocenters. The molecule has 0 aromatic carbocycles. The van der Waals surface area contributed by atoms with E-state index >= 15 is 0 Å². The van der Waals surface area contributed by atoms with Crippen molar-refractivity contribution in [2.75, 3.05) is 20.3 Å². The van der Waals surface area contributed by atoms with Crippen LogP contribution in [0.1, 0.15) is 34.1 Å². The first-order valence-corrected chi connectivity index (χ1v) is 8.19. The van der Waals surface area contributed by atoms with Crippen LogP contribution in [0.5, 0.6) is 0 Å². The van der Waals surface area contributed by atoms with E-state index < -0.39 is 7.82 Å². The standard InChI is InChI=1S/C13H26NO5P/c1-6-8-11(3)13(14-12(4)15)10-19-20(16,17-5)18-9-7-2/h6,8,11,13H,7,9-10H2,1-5H3,(H,14,15)/b8-6+/t11-,13+,20?/m1/s1. The summed E-state index contributed by atoms with van der Waals surface area (Å²) in [6.07, 6.45) is 4.54. The van der Waals surface area contributed by atoms with Crippen LogP contribution in [0, 0.1) is 5.92 Å². The maximum absolute atomic E-state index is 12.1. The molecule has 20 heavy (non-hydrogen) atoms. The van der Waals surface area contributed by atoms with Crippen LogP contribution in [-0.4, -0.2) is 32.3 Å². The SMILES string of the molecule is C/C=C/[C@@H](C)[C@H](COP(=O)(OC)OCCC)NC(C)=O. The first kappa shape index (κ1) is 19.3. The molecule has 0 bridgehead atoms. The Kier molecular flexibility index (Phi) is 9.76. The highest BCUT2D eigenvalue weighted by Crippen LogP contribution is 2.48. The summed E-state index contributed by atoms with van der Waals surface area (Å²) in [7, 11) is -2.27. The molecule has 0 rings (SSSR count). The Hall–Kier alpha value is -0.680. The van der Waals surface area contributed by atoms with Crippen molar-refractivity contribution in [3.05, 3.63) is 12.2 Å². The van der Waals surface area contributed by atoms with Crippen molar-refractivity contribution >= 4 is 13.7 Å². The Bertz CT molecular complexity index is 359. The Labute approximate surface area is 121 Å². The van der Waals surface area contributed by atoms with Crippen LogP contribution in [0.25, 0.3) is 0 Å². The summed E-state index contributed by atoms with van der Waals surface area (Å²) in [6, 6.07) is -0.294. The number of phosphoric acid groups is 1. The quantitative estimate of drug-likeness (QED) is 0.496. The molecule has 0 heterocycles. The van der Waals surface area contributed by atoms with Gasteiger partial charge in [0.2, 0.25) is 5.91 Å². The van der Waals surface area contributed by atoms with E-state index in [9.17, 15) is 9.36 Å². The summed E-state index contributed by atoms with van der Waals surface area (Å²) in [4.78, 5) is 11.2. The number of allylic oxidation sites excluding steroid dienone is 1. The minimum Gasteiger partial charge on any atom is -0.351 e. The lowest BCUT2D eigenvalue weighted by molar-refractivity contribution is -0.120.